The van der Waals surface area contributed by atoms with Gasteiger partial charge in [-0.15, -0.1) is 0 Å². The summed E-state index contributed by atoms with van der Waals surface area (Å²) in [6.07, 6.45) is 0.622. The second-order valence-electron chi connectivity index (χ2n) is 2.57. The molecule has 4 heteroatoms. The number of Topliss-reactive ketones (excluding diaryl/α,β-unsaturated/α-hetero) is 1. The van der Waals surface area contributed by atoms with Gasteiger partial charge in [-0.1, -0.05) is 0 Å². The van der Waals surface area contributed by atoms with Gasteiger partial charge in [-0.25, -0.2) is 0 Å². The third-order valence-electron chi connectivity index (χ3n) is 1.60. The lowest BCUT2D eigenvalue weighted by molar-refractivity contribution is 0.101. The van der Waals surface area contributed by atoms with Gasteiger partial charge in [-0.05, 0) is 35.0 Å². The number of carbonyl (C=O) groups is 2. The van der Waals surface area contributed by atoms with Crippen molar-refractivity contribution in [2.45, 2.75) is 6.92 Å². The summed E-state index contributed by atoms with van der Waals surface area (Å²) >= 11 is 3.04. The molecule has 0 saturated heterocycles. The number of phenols is 1. The van der Waals surface area contributed by atoms with Gasteiger partial charge in [0.05, 0.1) is 10.0 Å². The summed E-state index contributed by atoms with van der Waals surface area (Å²) in [6.45, 7) is 1.33. The van der Waals surface area contributed by atoms with Gasteiger partial charge in [0, 0.05) is 5.56 Å². The molecular weight excluding hydrogens is 236 g/mol. The number of rotatable bonds is 2. The molecule has 13 heavy (non-hydrogen) atoms. The minimum atomic E-state index is -0.276. The number of hydrogen-bond donors (Lipinski definition) is 1. The molecule has 0 unspecified atom stereocenters. The molecule has 0 aliphatic carbocycles. The third kappa shape index (κ3) is 1.95. The van der Waals surface area contributed by atoms with Crippen LogP contribution < -0.4 is 0 Å². The van der Waals surface area contributed by atoms with Crippen LogP contribution in [0.25, 0.3) is 0 Å². The maximum absolute atomic E-state index is 11.0. The van der Waals surface area contributed by atoms with E-state index in [0.29, 0.717) is 16.3 Å². The van der Waals surface area contributed by atoms with Crippen molar-refractivity contribution in [2.75, 3.05) is 0 Å². The van der Waals surface area contributed by atoms with E-state index in [0.717, 1.165) is 0 Å². The van der Waals surface area contributed by atoms with Crippen LogP contribution in [0.1, 0.15) is 27.6 Å². The summed E-state index contributed by atoms with van der Waals surface area (Å²) in [5.41, 5.74) is 0.506. The van der Waals surface area contributed by atoms with Crippen LogP contribution in [0.3, 0.4) is 0 Å². The molecular formula is C9H7BrO3. The normalized spacial score (nSPS) is 9.69. The van der Waals surface area contributed by atoms with Gasteiger partial charge in [-0.3, -0.25) is 9.59 Å². The Hall–Kier alpha value is -1.16. The Bertz CT molecular complexity index is 371. The Labute approximate surface area is 83.5 Å². The Kier molecular flexibility index (Phi) is 2.83. The predicted octanol–water partition coefficient (Wildman–Crippen LogP) is 2.17. The van der Waals surface area contributed by atoms with Gasteiger partial charge in [0.15, 0.2) is 5.78 Å². The number of aromatic hydroxyl groups is 1. The lowest BCUT2D eigenvalue weighted by atomic mass is 10.1. The van der Waals surface area contributed by atoms with Gasteiger partial charge in [0.1, 0.15) is 12.0 Å². The number of phenolic OH excluding ortho intramolecular Hbond substituents is 1. The minimum Gasteiger partial charge on any atom is -0.506 e. The van der Waals surface area contributed by atoms with Crippen molar-refractivity contribution in [3.63, 3.8) is 0 Å². The van der Waals surface area contributed by atoms with E-state index in [-0.39, 0.29) is 17.1 Å². The van der Waals surface area contributed by atoms with E-state index in [1.54, 1.807) is 0 Å². The van der Waals surface area contributed by atoms with E-state index < -0.39 is 0 Å². The first-order valence-corrected chi connectivity index (χ1v) is 4.34. The van der Waals surface area contributed by atoms with Crippen molar-refractivity contribution < 1.29 is 14.7 Å². The molecule has 0 bridgehead atoms. The molecule has 0 spiro atoms. The summed E-state index contributed by atoms with van der Waals surface area (Å²) in [5, 5.41) is 9.40. The van der Waals surface area contributed by atoms with Crippen molar-refractivity contribution in [1.82, 2.24) is 0 Å². The van der Waals surface area contributed by atoms with E-state index >= 15 is 0 Å². The summed E-state index contributed by atoms with van der Waals surface area (Å²) in [7, 11) is 0. The van der Waals surface area contributed by atoms with Gasteiger partial charge in [0.2, 0.25) is 0 Å². The summed E-state index contributed by atoms with van der Waals surface area (Å²) in [4.78, 5) is 21.4. The van der Waals surface area contributed by atoms with E-state index in [1.807, 2.05) is 0 Å². The van der Waals surface area contributed by atoms with Crippen molar-refractivity contribution >= 4 is 28.0 Å². The highest BCUT2D eigenvalue weighted by molar-refractivity contribution is 9.10. The zero-order chi connectivity index (χ0) is 10.0. The highest BCUT2D eigenvalue weighted by Gasteiger charge is 2.11. The fraction of sp³-hybridized carbons (Fsp3) is 0.111. The average molecular weight is 243 g/mol. The number of hydrogen-bond acceptors (Lipinski definition) is 3. The van der Waals surface area contributed by atoms with E-state index in [2.05, 4.69) is 15.9 Å². The molecule has 0 radical (unpaired) electrons. The van der Waals surface area contributed by atoms with Crippen molar-refractivity contribution in [2.24, 2.45) is 0 Å². The van der Waals surface area contributed by atoms with Gasteiger partial charge >= 0.3 is 0 Å². The van der Waals surface area contributed by atoms with Gasteiger partial charge in [0.25, 0.3) is 0 Å². The molecule has 0 heterocycles. The first kappa shape index (κ1) is 9.92. The van der Waals surface area contributed by atoms with E-state index in [4.69, 9.17) is 0 Å². The standard InChI is InChI=1S/C9H7BrO3/c1-5(12)7-2-6(4-11)3-8(10)9(7)13/h2-4,13H,1H3. The zero-order valence-corrected chi connectivity index (χ0v) is 8.46. The monoisotopic (exact) mass is 242 g/mol. The third-order valence-corrected chi connectivity index (χ3v) is 2.21. The highest BCUT2D eigenvalue weighted by Crippen LogP contribution is 2.29. The minimum absolute atomic E-state index is 0.127. The average Bonchev–Trinajstić information content (AvgIpc) is 2.09. The van der Waals surface area contributed by atoms with Crippen LogP contribution >= 0.6 is 15.9 Å². The van der Waals surface area contributed by atoms with Crippen LogP contribution in [0.15, 0.2) is 16.6 Å². The van der Waals surface area contributed by atoms with E-state index in [1.165, 1.54) is 19.1 Å². The first-order valence-electron chi connectivity index (χ1n) is 3.55. The van der Waals surface area contributed by atoms with E-state index in [9.17, 15) is 14.7 Å². The van der Waals surface area contributed by atoms with Gasteiger partial charge in [-0.2, -0.15) is 0 Å². The summed E-state index contributed by atoms with van der Waals surface area (Å²) in [5.74, 6) is -0.403. The smallest absolute Gasteiger partial charge is 0.163 e. The number of carbonyl (C=O) groups excluding carboxylic acids is 2. The highest BCUT2D eigenvalue weighted by atomic mass is 79.9. The molecule has 1 aromatic rings. The quantitative estimate of drug-likeness (QED) is 0.639. The predicted molar refractivity (Wildman–Crippen MR) is 51.2 cm³/mol. The van der Waals surface area contributed by atoms with Crippen LogP contribution in [0.5, 0.6) is 5.75 Å². The fourth-order valence-electron chi connectivity index (χ4n) is 0.956. The molecule has 3 nitrogen and oxygen atoms in total. The van der Waals surface area contributed by atoms with Crippen molar-refractivity contribution in [1.29, 1.82) is 0 Å². The second-order valence-corrected chi connectivity index (χ2v) is 3.43. The fourth-order valence-corrected chi connectivity index (χ4v) is 1.43. The van der Waals surface area contributed by atoms with Crippen LogP contribution in [0, 0.1) is 0 Å². The molecule has 0 aliphatic heterocycles. The van der Waals surface area contributed by atoms with Crippen LogP contribution in [-0.4, -0.2) is 17.2 Å². The van der Waals surface area contributed by atoms with Crippen molar-refractivity contribution in [3.8, 4) is 5.75 Å². The largest absolute Gasteiger partial charge is 0.506 e. The molecule has 1 aromatic carbocycles. The van der Waals surface area contributed by atoms with Gasteiger partial charge < -0.3 is 5.11 Å². The Balaban J connectivity index is 3.41. The maximum atomic E-state index is 11.0. The SMILES string of the molecule is CC(=O)c1cc(C=O)cc(Br)c1O. The van der Waals surface area contributed by atoms with Crippen LogP contribution in [0.2, 0.25) is 0 Å². The molecule has 0 amide bonds. The summed E-state index contributed by atoms with van der Waals surface area (Å²) < 4.78 is 0.349. The second kappa shape index (κ2) is 3.70. The number of aldehydes is 1. The lowest BCUT2D eigenvalue weighted by Gasteiger charge is -2.03. The molecule has 1 N–H and O–H groups in total. The number of ketones is 1. The van der Waals surface area contributed by atoms with Crippen LogP contribution in [0.4, 0.5) is 0 Å². The Morgan fingerprint density at radius 3 is 2.62 bits per heavy atom. The van der Waals surface area contributed by atoms with Crippen LogP contribution in [-0.2, 0) is 0 Å². The molecule has 0 saturated carbocycles. The number of benzene rings is 1. The first-order chi connectivity index (χ1) is 6.06. The molecule has 1 rings (SSSR count). The Morgan fingerprint density at radius 1 is 1.54 bits per heavy atom. The molecule has 0 aliphatic rings. The number of halogens is 1. The maximum Gasteiger partial charge on any atom is 0.163 e. The topological polar surface area (TPSA) is 54.4 Å². The summed E-state index contributed by atoms with van der Waals surface area (Å²) in [6, 6.07) is 2.81. The Morgan fingerprint density at radius 2 is 2.15 bits per heavy atom. The molecule has 0 fully saturated rings. The lowest BCUT2D eigenvalue weighted by Crippen LogP contribution is -1.95. The zero-order valence-electron chi connectivity index (χ0n) is 6.87. The molecule has 68 valence electrons. The molecule has 0 aromatic heterocycles. The molecule has 0 atom stereocenters. The van der Waals surface area contributed by atoms with Crippen molar-refractivity contribution in [3.05, 3.63) is 27.7 Å².